The van der Waals surface area contributed by atoms with E-state index in [4.69, 9.17) is 4.74 Å². The second-order valence-electron chi connectivity index (χ2n) is 10.4. The summed E-state index contributed by atoms with van der Waals surface area (Å²) in [6.07, 6.45) is -0.639. The SMILES string of the molecule is CC1(C)CC(=O)C2=C(C1)N(CC1CCCO1)C(=O)C2(NC(=O)C1CCCCC1)C(F)(F)F. The second-order valence-corrected chi connectivity index (χ2v) is 10.4. The highest BCUT2D eigenvalue weighted by Crippen LogP contribution is 2.52. The van der Waals surface area contributed by atoms with Crippen LogP contribution in [0.4, 0.5) is 13.2 Å². The van der Waals surface area contributed by atoms with E-state index in [9.17, 15) is 27.6 Å². The zero-order valence-electron chi connectivity index (χ0n) is 18.6. The van der Waals surface area contributed by atoms with Crippen molar-refractivity contribution in [2.45, 2.75) is 89.5 Å². The lowest BCUT2D eigenvalue weighted by molar-refractivity contribution is -0.195. The molecule has 2 aliphatic carbocycles. The first-order chi connectivity index (χ1) is 15.0. The van der Waals surface area contributed by atoms with Gasteiger partial charge in [0.15, 0.2) is 5.78 Å². The highest BCUT2D eigenvalue weighted by atomic mass is 19.4. The molecule has 2 heterocycles. The van der Waals surface area contributed by atoms with Gasteiger partial charge in [-0.15, -0.1) is 0 Å². The molecule has 4 aliphatic rings. The quantitative estimate of drug-likeness (QED) is 0.701. The predicted molar refractivity (Wildman–Crippen MR) is 109 cm³/mol. The van der Waals surface area contributed by atoms with Crippen molar-refractivity contribution in [2.24, 2.45) is 11.3 Å². The van der Waals surface area contributed by atoms with E-state index in [1.165, 1.54) is 0 Å². The van der Waals surface area contributed by atoms with Crippen LogP contribution < -0.4 is 5.32 Å². The predicted octanol–water partition coefficient (Wildman–Crippen LogP) is 3.65. The van der Waals surface area contributed by atoms with Crippen molar-refractivity contribution in [1.29, 1.82) is 0 Å². The van der Waals surface area contributed by atoms with Gasteiger partial charge in [-0.05, 0) is 37.5 Å². The number of rotatable bonds is 4. The Labute approximate surface area is 185 Å². The Hall–Kier alpha value is -1.90. The monoisotopic (exact) mass is 456 g/mol. The van der Waals surface area contributed by atoms with E-state index in [1.807, 2.05) is 0 Å². The molecule has 2 fully saturated rings. The molecule has 9 heteroatoms. The smallest absolute Gasteiger partial charge is 0.376 e. The van der Waals surface area contributed by atoms with Gasteiger partial charge in [0.05, 0.1) is 18.2 Å². The van der Waals surface area contributed by atoms with Crippen molar-refractivity contribution >= 4 is 17.6 Å². The third-order valence-electron chi connectivity index (χ3n) is 7.24. The molecule has 0 aromatic rings. The van der Waals surface area contributed by atoms with Crippen LogP contribution in [0.2, 0.25) is 0 Å². The molecule has 0 aromatic heterocycles. The van der Waals surface area contributed by atoms with Gasteiger partial charge in [-0.3, -0.25) is 14.4 Å². The maximum atomic E-state index is 14.7. The molecule has 0 radical (unpaired) electrons. The fourth-order valence-corrected chi connectivity index (χ4v) is 5.66. The molecule has 2 atom stereocenters. The first-order valence-corrected chi connectivity index (χ1v) is 11.6. The number of allylic oxidation sites excluding steroid dienone is 1. The standard InChI is InChI=1S/C23H31F3N2O4/c1-21(2)11-16-18(17(29)12-21)22(23(24,25)26,27-19(30)14-7-4-3-5-8-14)20(31)28(16)13-15-9-6-10-32-15/h14-15H,3-13H2,1-2H3,(H,27,30). The average Bonchev–Trinajstić information content (AvgIpc) is 3.29. The number of hydrogen-bond acceptors (Lipinski definition) is 4. The van der Waals surface area contributed by atoms with Crippen LogP contribution in [0.5, 0.6) is 0 Å². The van der Waals surface area contributed by atoms with Crippen LogP contribution in [0, 0.1) is 11.3 Å². The van der Waals surface area contributed by atoms with Gasteiger partial charge < -0.3 is 15.0 Å². The third kappa shape index (κ3) is 3.86. The van der Waals surface area contributed by atoms with Gasteiger partial charge in [0.25, 0.3) is 5.91 Å². The molecule has 2 aliphatic heterocycles. The molecule has 178 valence electrons. The minimum atomic E-state index is -5.14. The lowest BCUT2D eigenvalue weighted by Gasteiger charge is -2.36. The van der Waals surface area contributed by atoms with E-state index in [0.717, 1.165) is 30.6 Å². The Bertz CT molecular complexity index is 839. The summed E-state index contributed by atoms with van der Waals surface area (Å²) in [4.78, 5) is 40.7. The molecule has 1 N–H and O–H groups in total. The molecule has 6 nitrogen and oxygen atoms in total. The number of carbonyl (C=O) groups is 3. The van der Waals surface area contributed by atoms with E-state index >= 15 is 0 Å². The van der Waals surface area contributed by atoms with Gasteiger partial charge in [-0.2, -0.15) is 13.2 Å². The second kappa shape index (κ2) is 8.15. The molecule has 2 unspecified atom stereocenters. The third-order valence-corrected chi connectivity index (χ3v) is 7.24. The number of Topliss-reactive ketones (excluding diaryl/α,β-unsaturated/α-hetero) is 1. The number of hydrogen-bond donors (Lipinski definition) is 1. The Morgan fingerprint density at radius 2 is 1.78 bits per heavy atom. The molecular weight excluding hydrogens is 425 g/mol. The van der Waals surface area contributed by atoms with E-state index in [0.29, 0.717) is 25.9 Å². The maximum absolute atomic E-state index is 14.7. The Morgan fingerprint density at radius 3 is 2.38 bits per heavy atom. The van der Waals surface area contributed by atoms with Crippen molar-refractivity contribution < 1.29 is 32.3 Å². The van der Waals surface area contributed by atoms with Gasteiger partial charge in [0.1, 0.15) is 0 Å². The van der Waals surface area contributed by atoms with Crippen molar-refractivity contribution in [1.82, 2.24) is 10.2 Å². The van der Waals surface area contributed by atoms with Gasteiger partial charge in [0, 0.05) is 24.6 Å². The van der Waals surface area contributed by atoms with E-state index in [1.54, 1.807) is 13.8 Å². The Morgan fingerprint density at radius 1 is 1.09 bits per heavy atom. The zero-order chi connectivity index (χ0) is 23.3. The van der Waals surface area contributed by atoms with Crippen molar-refractivity contribution in [3.8, 4) is 0 Å². The molecule has 0 bridgehead atoms. The van der Waals surface area contributed by atoms with E-state index in [2.05, 4.69) is 5.32 Å². The number of carbonyl (C=O) groups excluding carboxylic acids is 3. The summed E-state index contributed by atoms with van der Waals surface area (Å²) < 4.78 is 49.8. The van der Waals surface area contributed by atoms with Crippen molar-refractivity contribution in [3.05, 3.63) is 11.3 Å². The molecule has 4 rings (SSSR count). The van der Waals surface area contributed by atoms with Crippen LogP contribution in [-0.4, -0.2) is 53.5 Å². The number of nitrogens with zero attached hydrogens (tertiary/aromatic N) is 1. The lowest BCUT2D eigenvalue weighted by atomic mass is 9.72. The normalized spacial score (nSPS) is 31.3. The van der Waals surface area contributed by atoms with Gasteiger partial charge in [-0.1, -0.05) is 33.1 Å². The summed E-state index contributed by atoms with van der Waals surface area (Å²) in [5.41, 5.74) is -4.40. The highest BCUT2D eigenvalue weighted by Gasteiger charge is 2.71. The minimum absolute atomic E-state index is 0.0435. The Balaban J connectivity index is 1.78. The number of ether oxygens (including phenoxy) is 1. The fourth-order valence-electron chi connectivity index (χ4n) is 5.66. The number of nitrogens with one attached hydrogen (secondary N) is 1. The summed E-state index contributed by atoms with van der Waals surface area (Å²) in [6.45, 7) is 4.05. The lowest BCUT2D eigenvalue weighted by Crippen LogP contribution is -2.67. The van der Waals surface area contributed by atoms with Crippen LogP contribution in [0.1, 0.15) is 71.6 Å². The van der Waals surface area contributed by atoms with Crippen LogP contribution in [0.3, 0.4) is 0 Å². The topological polar surface area (TPSA) is 75.7 Å². The molecule has 0 spiro atoms. The summed E-state index contributed by atoms with van der Waals surface area (Å²) in [7, 11) is 0. The molecule has 1 saturated carbocycles. The molecule has 0 aromatic carbocycles. The summed E-state index contributed by atoms with van der Waals surface area (Å²) in [6, 6.07) is 0. The Kier molecular flexibility index (Phi) is 5.92. The molecule has 1 saturated heterocycles. The average molecular weight is 457 g/mol. The highest BCUT2D eigenvalue weighted by molar-refractivity contribution is 6.13. The van der Waals surface area contributed by atoms with Crippen LogP contribution in [0.15, 0.2) is 11.3 Å². The number of halogens is 3. The summed E-state index contributed by atoms with van der Waals surface area (Å²) in [5.74, 6) is -3.37. The van der Waals surface area contributed by atoms with Crippen molar-refractivity contribution in [3.63, 3.8) is 0 Å². The first kappa shape index (κ1) is 23.3. The number of alkyl halides is 3. The van der Waals surface area contributed by atoms with E-state index in [-0.39, 0.29) is 31.2 Å². The van der Waals surface area contributed by atoms with Gasteiger partial charge in [-0.25, -0.2) is 0 Å². The molecular formula is C23H31F3N2O4. The van der Waals surface area contributed by atoms with Crippen LogP contribution in [-0.2, 0) is 19.1 Å². The van der Waals surface area contributed by atoms with Crippen LogP contribution in [0.25, 0.3) is 0 Å². The molecule has 32 heavy (non-hydrogen) atoms. The molecule has 2 amide bonds. The minimum Gasteiger partial charge on any atom is -0.376 e. The summed E-state index contributed by atoms with van der Waals surface area (Å²) >= 11 is 0. The van der Waals surface area contributed by atoms with Gasteiger partial charge in [0.2, 0.25) is 11.4 Å². The fraction of sp³-hybridized carbons (Fsp3) is 0.783. The first-order valence-electron chi connectivity index (χ1n) is 11.6. The largest absolute Gasteiger partial charge is 0.425 e. The number of amides is 2. The summed E-state index contributed by atoms with van der Waals surface area (Å²) in [5, 5.41) is 2.09. The number of ketones is 1. The van der Waals surface area contributed by atoms with E-state index < -0.39 is 46.2 Å². The van der Waals surface area contributed by atoms with Crippen molar-refractivity contribution in [2.75, 3.05) is 13.2 Å². The van der Waals surface area contributed by atoms with Gasteiger partial charge >= 0.3 is 6.18 Å². The zero-order valence-corrected chi connectivity index (χ0v) is 18.6. The maximum Gasteiger partial charge on any atom is 0.425 e. The van der Waals surface area contributed by atoms with Crippen LogP contribution >= 0.6 is 0 Å².